The van der Waals surface area contributed by atoms with Gasteiger partial charge in [-0.25, -0.2) is 0 Å². The third-order valence-electron chi connectivity index (χ3n) is 3.41. The highest BCUT2D eigenvalue weighted by atomic mass is 35.5. The van der Waals surface area contributed by atoms with E-state index in [1.807, 2.05) is 0 Å². The number of nitrogens with one attached hydrogen (secondary N) is 1. The summed E-state index contributed by atoms with van der Waals surface area (Å²) in [5.74, 6) is 0.740. The topological polar surface area (TPSA) is 12.0 Å². The van der Waals surface area contributed by atoms with Gasteiger partial charge in [-0.2, -0.15) is 0 Å². The third kappa shape index (κ3) is 1.79. The zero-order valence-electron chi connectivity index (χ0n) is 8.79. The Hall–Kier alpha value is -0.530. The Morgan fingerprint density at radius 3 is 2.43 bits per heavy atom. The van der Waals surface area contributed by atoms with E-state index in [2.05, 4.69) is 49.6 Å². The minimum absolute atomic E-state index is 0. The highest BCUT2D eigenvalue weighted by Gasteiger charge is 2.51. The van der Waals surface area contributed by atoms with Crippen LogP contribution in [-0.2, 0) is 0 Å². The second-order valence-electron chi connectivity index (χ2n) is 3.93. The summed E-state index contributed by atoms with van der Waals surface area (Å²) in [6.07, 6.45) is 2.52. The summed E-state index contributed by atoms with van der Waals surface area (Å²) in [4.78, 5) is 0. The molecule has 1 fully saturated rings. The molecule has 0 aliphatic heterocycles. The van der Waals surface area contributed by atoms with Crippen molar-refractivity contribution in [1.82, 2.24) is 5.32 Å². The Bertz CT molecular complexity index is 280. The molecule has 1 aromatic rings. The first-order valence-electron chi connectivity index (χ1n) is 5.06. The molecule has 0 radical (unpaired) electrons. The van der Waals surface area contributed by atoms with Crippen LogP contribution in [0.25, 0.3) is 0 Å². The van der Waals surface area contributed by atoms with E-state index < -0.39 is 0 Å². The summed E-state index contributed by atoms with van der Waals surface area (Å²) in [6, 6.07) is 10.8. The number of rotatable bonds is 3. The normalized spacial score (nSPS) is 29.4. The molecule has 2 heteroatoms. The Labute approximate surface area is 92.3 Å². The van der Waals surface area contributed by atoms with Crippen LogP contribution in [0, 0.1) is 0 Å². The standard InChI is InChI=1S/C12H17N.ClH/c1-3-12(13-2)9-11(12)10-7-5-4-6-8-10;/h4-8,11,13H,3,9H2,1-2H3;1H/t11-,12+;/m0./s1. The lowest BCUT2D eigenvalue weighted by Crippen LogP contribution is -2.28. The fraction of sp³-hybridized carbons (Fsp3) is 0.500. The average molecular weight is 212 g/mol. The molecule has 14 heavy (non-hydrogen) atoms. The van der Waals surface area contributed by atoms with Crippen molar-refractivity contribution in [2.75, 3.05) is 7.05 Å². The van der Waals surface area contributed by atoms with Gasteiger partial charge in [-0.1, -0.05) is 37.3 Å². The largest absolute Gasteiger partial charge is 0.314 e. The average Bonchev–Trinajstić information content (AvgIpc) is 2.95. The molecular formula is C12H18ClN. The highest BCUT2D eigenvalue weighted by Crippen LogP contribution is 2.53. The van der Waals surface area contributed by atoms with E-state index in [1.165, 1.54) is 18.4 Å². The van der Waals surface area contributed by atoms with Crippen molar-refractivity contribution in [1.29, 1.82) is 0 Å². The highest BCUT2D eigenvalue weighted by molar-refractivity contribution is 5.85. The molecule has 1 aromatic carbocycles. The zero-order valence-corrected chi connectivity index (χ0v) is 9.60. The molecule has 0 heterocycles. The second kappa shape index (κ2) is 4.33. The monoisotopic (exact) mass is 211 g/mol. The lowest BCUT2D eigenvalue weighted by atomic mass is 10.0. The fourth-order valence-corrected chi connectivity index (χ4v) is 2.27. The fourth-order valence-electron chi connectivity index (χ4n) is 2.27. The van der Waals surface area contributed by atoms with Crippen molar-refractivity contribution in [2.45, 2.75) is 31.2 Å². The van der Waals surface area contributed by atoms with Crippen LogP contribution in [0.5, 0.6) is 0 Å². The summed E-state index contributed by atoms with van der Waals surface area (Å²) < 4.78 is 0. The predicted octanol–water partition coefficient (Wildman–Crippen LogP) is 2.96. The Morgan fingerprint density at radius 2 is 2.00 bits per heavy atom. The van der Waals surface area contributed by atoms with Crippen LogP contribution in [0.4, 0.5) is 0 Å². The van der Waals surface area contributed by atoms with E-state index in [-0.39, 0.29) is 12.4 Å². The van der Waals surface area contributed by atoms with Gasteiger partial charge >= 0.3 is 0 Å². The number of likely N-dealkylation sites (N-methyl/N-ethyl adjacent to an activating group) is 1. The summed E-state index contributed by atoms with van der Waals surface area (Å²) in [6.45, 7) is 2.26. The molecule has 78 valence electrons. The second-order valence-corrected chi connectivity index (χ2v) is 3.93. The van der Waals surface area contributed by atoms with Crippen LogP contribution in [0.15, 0.2) is 30.3 Å². The van der Waals surface area contributed by atoms with Crippen LogP contribution < -0.4 is 5.32 Å². The Balaban J connectivity index is 0.000000980. The minimum Gasteiger partial charge on any atom is -0.314 e. The number of hydrogen-bond acceptors (Lipinski definition) is 1. The lowest BCUT2D eigenvalue weighted by Gasteiger charge is -2.13. The van der Waals surface area contributed by atoms with Crippen molar-refractivity contribution < 1.29 is 0 Å². The molecule has 0 amide bonds. The van der Waals surface area contributed by atoms with Crippen LogP contribution >= 0.6 is 12.4 Å². The zero-order chi connectivity index (χ0) is 9.31. The molecular weight excluding hydrogens is 194 g/mol. The Kier molecular flexibility index (Phi) is 3.57. The SMILES string of the molecule is CC[C@@]1(NC)C[C@H]1c1ccccc1.Cl. The summed E-state index contributed by atoms with van der Waals surface area (Å²) >= 11 is 0. The van der Waals surface area contributed by atoms with Gasteiger partial charge in [0.1, 0.15) is 0 Å². The van der Waals surface area contributed by atoms with Gasteiger partial charge in [0.2, 0.25) is 0 Å². The quantitative estimate of drug-likeness (QED) is 0.811. The number of hydrogen-bond donors (Lipinski definition) is 1. The molecule has 0 aromatic heterocycles. The molecule has 1 aliphatic rings. The van der Waals surface area contributed by atoms with E-state index in [1.54, 1.807) is 0 Å². The van der Waals surface area contributed by atoms with Gasteiger partial charge in [-0.3, -0.25) is 0 Å². The van der Waals surface area contributed by atoms with Gasteiger partial charge in [-0.05, 0) is 25.5 Å². The van der Waals surface area contributed by atoms with Crippen LogP contribution in [0.2, 0.25) is 0 Å². The van der Waals surface area contributed by atoms with Crippen molar-refractivity contribution in [3.63, 3.8) is 0 Å². The molecule has 0 unspecified atom stereocenters. The van der Waals surface area contributed by atoms with Crippen LogP contribution in [0.3, 0.4) is 0 Å². The summed E-state index contributed by atoms with van der Waals surface area (Å²) in [5.41, 5.74) is 1.89. The van der Waals surface area contributed by atoms with Gasteiger partial charge in [0.15, 0.2) is 0 Å². The smallest absolute Gasteiger partial charge is 0.0251 e. The van der Waals surface area contributed by atoms with E-state index in [0.29, 0.717) is 5.54 Å². The first-order valence-corrected chi connectivity index (χ1v) is 5.06. The van der Waals surface area contributed by atoms with Crippen LogP contribution in [-0.4, -0.2) is 12.6 Å². The van der Waals surface area contributed by atoms with E-state index >= 15 is 0 Å². The minimum atomic E-state index is 0. The summed E-state index contributed by atoms with van der Waals surface area (Å²) in [5, 5.41) is 3.45. The van der Waals surface area contributed by atoms with Gasteiger partial charge < -0.3 is 5.32 Å². The molecule has 1 nitrogen and oxygen atoms in total. The van der Waals surface area contributed by atoms with E-state index in [4.69, 9.17) is 0 Å². The van der Waals surface area contributed by atoms with Crippen molar-refractivity contribution in [2.24, 2.45) is 0 Å². The van der Waals surface area contributed by atoms with Crippen molar-refractivity contribution in [3.05, 3.63) is 35.9 Å². The van der Waals surface area contributed by atoms with E-state index in [0.717, 1.165) is 5.92 Å². The van der Waals surface area contributed by atoms with Crippen molar-refractivity contribution in [3.8, 4) is 0 Å². The predicted molar refractivity (Wildman–Crippen MR) is 63.1 cm³/mol. The van der Waals surface area contributed by atoms with E-state index in [9.17, 15) is 0 Å². The maximum absolute atomic E-state index is 3.45. The lowest BCUT2D eigenvalue weighted by molar-refractivity contribution is 0.516. The van der Waals surface area contributed by atoms with Gasteiger partial charge in [0.25, 0.3) is 0 Å². The molecule has 2 atom stereocenters. The molecule has 0 spiro atoms. The maximum Gasteiger partial charge on any atom is 0.0251 e. The van der Waals surface area contributed by atoms with Gasteiger partial charge in [-0.15, -0.1) is 12.4 Å². The molecule has 1 saturated carbocycles. The van der Waals surface area contributed by atoms with Gasteiger partial charge in [0.05, 0.1) is 0 Å². The van der Waals surface area contributed by atoms with Crippen molar-refractivity contribution >= 4 is 12.4 Å². The molecule has 1 N–H and O–H groups in total. The third-order valence-corrected chi connectivity index (χ3v) is 3.41. The molecule has 0 saturated heterocycles. The maximum atomic E-state index is 3.45. The first-order chi connectivity index (χ1) is 6.32. The molecule has 0 bridgehead atoms. The molecule has 1 aliphatic carbocycles. The van der Waals surface area contributed by atoms with Gasteiger partial charge in [0, 0.05) is 11.5 Å². The number of halogens is 1. The number of benzene rings is 1. The summed E-state index contributed by atoms with van der Waals surface area (Å²) in [7, 11) is 2.08. The first kappa shape index (κ1) is 11.5. The Morgan fingerprint density at radius 1 is 1.36 bits per heavy atom. The van der Waals surface area contributed by atoms with Crippen LogP contribution in [0.1, 0.15) is 31.2 Å². The molecule has 2 rings (SSSR count).